The number of aromatic hydroxyl groups is 1. The second kappa shape index (κ2) is 9.31. The van der Waals surface area contributed by atoms with E-state index in [4.69, 9.17) is 4.74 Å². The number of hydrogen-bond donors (Lipinski definition) is 3. The summed E-state index contributed by atoms with van der Waals surface area (Å²) in [5.74, 6) is -0.222. The monoisotopic (exact) mass is 446 g/mol. The third kappa shape index (κ3) is 4.65. The van der Waals surface area contributed by atoms with Gasteiger partial charge in [0.1, 0.15) is 10.8 Å². The normalized spacial score (nSPS) is 11.9. The van der Waals surface area contributed by atoms with E-state index < -0.39 is 11.2 Å². The second-order valence-electron chi connectivity index (χ2n) is 6.44. The SMILES string of the molecule is CCOC(=O)c1c(NC(=O)[C@@H](C)Sc2n[nH]c(-c3ccccc3O)n2)sc(C)c1C. The van der Waals surface area contributed by atoms with E-state index in [9.17, 15) is 14.7 Å². The molecule has 158 valence electrons. The lowest BCUT2D eigenvalue weighted by molar-refractivity contribution is -0.115. The molecule has 2 heterocycles. The molecule has 8 nitrogen and oxygen atoms in total. The van der Waals surface area contributed by atoms with Crippen LogP contribution in [0.5, 0.6) is 5.75 Å². The number of anilines is 1. The largest absolute Gasteiger partial charge is 0.507 e. The van der Waals surface area contributed by atoms with Gasteiger partial charge in [-0.05, 0) is 45.4 Å². The maximum atomic E-state index is 12.7. The molecule has 0 fully saturated rings. The summed E-state index contributed by atoms with van der Waals surface area (Å²) >= 11 is 2.51. The zero-order valence-corrected chi connectivity index (χ0v) is 18.6. The van der Waals surface area contributed by atoms with Crippen LogP contribution in [0, 0.1) is 13.8 Å². The van der Waals surface area contributed by atoms with Crippen LogP contribution in [0.25, 0.3) is 11.4 Å². The Labute approximate surface area is 182 Å². The highest BCUT2D eigenvalue weighted by molar-refractivity contribution is 8.00. The van der Waals surface area contributed by atoms with Gasteiger partial charge < -0.3 is 15.2 Å². The molecule has 0 aliphatic rings. The summed E-state index contributed by atoms with van der Waals surface area (Å²) in [6.07, 6.45) is 0. The first kappa shape index (κ1) is 21.8. The van der Waals surface area contributed by atoms with E-state index in [0.29, 0.717) is 27.1 Å². The van der Waals surface area contributed by atoms with E-state index in [2.05, 4.69) is 20.5 Å². The number of aryl methyl sites for hydroxylation is 1. The number of phenols is 1. The highest BCUT2D eigenvalue weighted by Crippen LogP contribution is 2.34. The Morgan fingerprint density at radius 1 is 1.33 bits per heavy atom. The topological polar surface area (TPSA) is 117 Å². The molecule has 3 aromatic rings. The van der Waals surface area contributed by atoms with Crippen LogP contribution in [0.15, 0.2) is 29.4 Å². The lowest BCUT2D eigenvalue weighted by atomic mass is 10.1. The molecule has 3 rings (SSSR count). The van der Waals surface area contributed by atoms with Crippen LogP contribution in [0.1, 0.15) is 34.6 Å². The van der Waals surface area contributed by atoms with Crippen molar-refractivity contribution in [2.45, 2.75) is 38.1 Å². The van der Waals surface area contributed by atoms with E-state index in [0.717, 1.165) is 10.4 Å². The molecule has 0 spiro atoms. The van der Waals surface area contributed by atoms with Crippen LogP contribution in [0.2, 0.25) is 0 Å². The van der Waals surface area contributed by atoms with Crippen molar-refractivity contribution in [2.24, 2.45) is 0 Å². The minimum absolute atomic E-state index is 0.0888. The van der Waals surface area contributed by atoms with Crippen LogP contribution in [0.4, 0.5) is 5.00 Å². The molecule has 10 heteroatoms. The van der Waals surface area contributed by atoms with Gasteiger partial charge in [0.05, 0.1) is 23.0 Å². The van der Waals surface area contributed by atoms with Gasteiger partial charge in [-0.3, -0.25) is 9.89 Å². The Bertz CT molecular complexity index is 1080. The number of aromatic amines is 1. The number of ether oxygens (including phenoxy) is 1. The van der Waals surface area contributed by atoms with Crippen molar-refractivity contribution in [1.82, 2.24) is 15.2 Å². The summed E-state index contributed by atoms with van der Waals surface area (Å²) in [5, 5.41) is 20.0. The van der Waals surface area contributed by atoms with Crippen LogP contribution < -0.4 is 5.32 Å². The molecule has 1 amide bonds. The molecule has 1 atom stereocenters. The predicted molar refractivity (Wildman–Crippen MR) is 117 cm³/mol. The number of esters is 1. The summed E-state index contributed by atoms with van der Waals surface area (Å²) in [4.78, 5) is 30.3. The summed E-state index contributed by atoms with van der Waals surface area (Å²) in [6.45, 7) is 7.46. The first-order chi connectivity index (χ1) is 14.3. The van der Waals surface area contributed by atoms with Crippen LogP contribution in [-0.2, 0) is 9.53 Å². The van der Waals surface area contributed by atoms with E-state index in [1.165, 1.54) is 23.1 Å². The number of rotatable bonds is 7. The van der Waals surface area contributed by atoms with Gasteiger partial charge in [0.15, 0.2) is 5.82 Å². The molecule has 0 radical (unpaired) electrons. The van der Waals surface area contributed by atoms with Gasteiger partial charge in [0.2, 0.25) is 11.1 Å². The zero-order valence-electron chi connectivity index (χ0n) is 17.0. The van der Waals surface area contributed by atoms with Crippen molar-refractivity contribution in [3.05, 3.63) is 40.3 Å². The lowest BCUT2D eigenvalue weighted by Gasteiger charge is -2.10. The first-order valence-corrected chi connectivity index (χ1v) is 11.0. The number of para-hydroxylation sites is 1. The number of nitrogens with one attached hydrogen (secondary N) is 2. The third-order valence-electron chi connectivity index (χ3n) is 4.38. The molecule has 1 aromatic carbocycles. The summed E-state index contributed by atoms with van der Waals surface area (Å²) in [7, 11) is 0. The quantitative estimate of drug-likeness (QED) is 0.369. The standard InChI is InChI=1S/C20H22N4O4S2/c1-5-28-19(27)15-10(2)11(3)29-18(15)22-17(26)12(4)30-20-21-16(23-24-20)13-8-6-7-9-14(13)25/h6-9,12,25H,5H2,1-4H3,(H,22,26)(H,21,23,24)/t12-/m1/s1. The number of phenolic OH excluding ortho intramolecular Hbond substituents is 1. The first-order valence-electron chi connectivity index (χ1n) is 9.27. The van der Waals surface area contributed by atoms with Crippen LogP contribution in [-0.4, -0.2) is 44.0 Å². The Balaban J connectivity index is 1.71. The average Bonchev–Trinajstić information content (AvgIpc) is 3.26. The summed E-state index contributed by atoms with van der Waals surface area (Å²) in [6, 6.07) is 6.79. The minimum atomic E-state index is -0.518. The summed E-state index contributed by atoms with van der Waals surface area (Å²) in [5.41, 5.74) is 1.72. The Morgan fingerprint density at radius 2 is 2.07 bits per heavy atom. The van der Waals surface area contributed by atoms with Gasteiger partial charge in [0.25, 0.3) is 0 Å². The maximum absolute atomic E-state index is 12.7. The molecular formula is C20H22N4O4S2. The smallest absolute Gasteiger partial charge is 0.341 e. The molecule has 0 saturated heterocycles. The number of hydrogen-bond acceptors (Lipinski definition) is 8. The summed E-state index contributed by atoms with van der Waals surface area (Å²) < 4.78 is 5.12. The molecule has 0 unspecified atom stereocenters. The van der Waals surface area contributed by atoms with Crippen molar-refractivity contribution in [3.63, 3.8) is 0 Å². The molecule has 30 heavy (non-hydrogen) atoms. The van der Waals surface area contributed by atoms with Crippen LogP contribution in [0.3, 0.4) is 0 Å². The number of thioether (sulfide) groups is 1. The molecule has 2 aromatic heterocycles. The van der Waals surface area contributed by atoms with E-state index in [-0.39, 0.29) is 18.3 Å². The fourth-order valence-corrected chi connectivity index (χ4v) is 4.46. The van der Waals surface area contributed by atoms with Gasteiger partial charge in [0, 0.05) is 4.88 Å². The van der Waals surface area contributed by atoms with E-state index >= 15 is 0 Å². The Morgan fingerprint density at radius 3 is 2.77 bits per heavy atom. The number of carbonyl (C=O) groups is 2. The van der Waals surface area contributed by atoms with Crippen molar-refractivity contribution < 1.29 is 19.4 Å². The van der Waals surface area contributed by atoms with E-state index in [1.807, 2.05) is 13.8 Å². The fraction of sp³-hybridized carbons (Fsp3) is 0.300. The highest BCUT2D eigenvalue weighted by Gasteiger charge is 2.25. The van der Waals surface area contributed by atoms with Crippen molar-refractivity contribution >= 4 is 40.0 Å². The number of carbonyl (C=O) groups excluding carboxylic acids is 2. The minimum Gasteiger partial charge on any atom is -0.507 e. The maximum Gasteiger partial charge on any atom is 0.341 e. The molecule has 0 bridgehead atoms. The fourth-order valence-electron chi connectivity index (χ4n) is 2.68. The Hall–Kier alpha value is -2.85. The number of amides is 1. The Kier molecular flexibility index (Phi) is 6.78. The zero-order chi connectivity index (χ0) is 21.8. The molecule has 0 aliphatic carbocycles. The predicted octanol–water partition coefficient (Wildman–Crippen LogP) is 4.15. The molecule has 0 aliphatic heterocycles. The molecule has 3 N–H and O–H groups in total. The van der Waals surface area contributed by atoms with Crippen molar-refractivity contribution in [1.29, 1.82) is 0 Å². The average molecular weight is 447 g/mol. The lowest BCUT2D eigenvalue weighted by Crippen LogP contribution is -2.23. The van der Waals surface area contributed by atoms with Crippen molar-refractivity contribution in [3.8, 4) is 17.1 Å². The van der Waals surface area contributed by atoms with Gasteiger partial charge >= 0.3 is 5.97 Å². The van der Waals surface area contributed by atoms with E-state index in [1.54, 1.807) is 38.1 Å². The van der Waals surface area contributed by atoms with Gasteiger partial charge in [-0.25, -0.2) is 9.78 Å². The highest BCUT2D eigenvalue weighted by atomic mass is 32.2. The number of thiophene rings is 1. The van der Waals surface area contributed by atoms with Gasteiger partial charge in [-0.15, -0.1) is 16.4 Å². The number of H-pyrrole nitrogens is 1. The van der Waals surface area contributed by atoms with Crippen molar-refractivity contribution in [2.75, 3.05) is 11.9 Å². The molecule has 0 saturated carbocycles. The van der Waals surface area contributed by atoms with Gasteiger partial charge in [-0.2, -0.15) is 0 Å². The van der Waals surface area contributed by atoms with Gasteiger partial charge in [-0.1, -0.05) is 23.9 Å². The molecular weight excluding hydrogens is 424 g/mol. The number of benzene rings is 1. The second-order valence-corrected chi connectivity index (χ2v) is 8.97. The number of nitrogens with zero attached hydrogens (tertiary/aromatic N) is 2. The third-order valence-corrected chi connectivity index (χ3v) is 6.46. The number of aromatic nitrogens is 3. The van der Waals surface area contributed by atoms with Crippen LogP contribution >= 0.6 is 23.1 Å².